The Morgan fingerprint density at radius 3 is 3.00 bits per heavy atom. The molecule has 1 fully saturated rings. The summed E-state index contributed by atoms with van der Waals surface area (Å²) in [6.45, 7) is 2.41. The van der Waals surface area contributed by atoms with E-state index in [2.05, 4.69) is 23.5 Å². The Labute approximate surface area is 127 Å². The third-order valence-electron chi connectivity index (χ3n) is 4.59. The van der Waals surface area contributed by atoms with Gasteiger partial charge in [-0.15, -0.1) is 0 Å². The molecule has 0 aliphatic carbocycles. The number of piperidine rings is 1. The van der Waals surface area contributed by atoms with Crippen LogP contribution in [0.1, 0.15) is 30.4 Å². The summed E-state index contributed by atoms with van der Waals surface area (Å²) in [4.78, 5) is 0. The molecule has 1 aromatic carbocycles. The highest BCUT2D eigenvalue weighted by atomic mass is 32.2. The van der Waals surface area contributed by atoms with Gasteiger partial charge in [-0.2, -0.15) is 0 Å². The predicted molar refractivity (Wildman–Crippen MR) is 86.1 cm³/mol. The van der Waals surface area contributed by atoms with Crippen LogP contribution in [-0.2, 0) is 22.9 Å². The van der Waals surface area contributed by atoms with Crippen molar-refractivity contribution in [3.05, 3.63) is 29.3 Å². The molecule has 2 heterocycles. The molecule has 0 spiro atoms. The van der Waals surface area contributed by atoms with Gasteiger partial charge in [0.25, 0.3) is 0 Å². The van der Waals surface area contributed by atoms with Gasteiger partial charge in [0.15, 0.2) is 0 Å². The van der Waals surface area contributed by atoms with E-state index < -0.39 is 10.0 Å². The van der Waals surface area contributed by atoms with Crippen LogP contribution in [0.15, 0.2) is 18.2 Å². The fourth-order valence-electron chi connectivity index (χ4n) is 3.46. The fraction of sp³-hybridized carbons (Fsp3) is 0.625. The van der Waals surface area contributed by atoms with Crippen molar-refractivity contribution in [1.82, 2.24) is 4.31 Å². The highest BCUT2D eigenvalue weighted by molar-refractivity contribution is 7.88. The fourth-order valence-corrected chi connectivity index (χ4v) is 4.41. The van der Waals surface area contributed by atoms with E-state index in [0.717, 1.165) is 32.2 Å². The number of anilines is 1. The Morgan fingerprint density at radius 2 is 2.19 bits per heavy atom. The molecule has 21 heavy (non-hydrogen) atoms. The average Bonchev–Trinajstić information content (AvgIpc) is 2.46. The normalized spacial score (nSPS) is 23.4. The van der Waals surface area contributed by atoms with E-state index in [-0.39, 0.29) is 0 Å². The molecule has 0 radical (unpaired) electrons. The zero-order valence-corrected chi connectivity index (χ0v) is 13.5. The summed E-state index contributed by atoms with van der Waals surface area (Å²) in [5, 5.41) is 3.47. The first-order valence-corrected chi connectivity index (χ1v) is 9.68. The summed E-state index contributed by atoms with van der Waals surface area (Å²) in [7, 11) is -3.04. The van der Waals surface area contributed by atoms with Crippen LogP contribution in [0.3, 0.4) is 0 Å². The average molecular weight is 308 g/mol. The number of hydrogen-bond donors (Lipinski definition) is 1. The number of nitrogens with one attached hydrogen (secondary N) is 1. The number of fused-ring (bicyclic) bond motifs is 1. The molecule has 1 saturated heterocycles. The molecule has 1 unspecified atom stereocenters. The van der Waals surface area contributed by atoms with Crippen LogP contribution in [0.25, 0.3) is 0 Å². The van der Waals surface area contributed by atoms with Crippen LogP contribution in [-0.4, -0.2) is 38.6 Å². The Hall–Kier alpha value is -1.07. The molecule has 1 atom stereocenters. The number of rotatable bonds is 3. The third-order valence-corrected chi connectivity index (χ3v) is 5.86. The minimum atomic E-state index is -3.04. The van der Waals surface area contributed by atoms with Crippen LogP contribution in [0.5, 0.6) is 0 Å². The molecule has 0 aromatic heterocycles. The molecule has 0 amide bonds. The number of nitrogens with zero attached hydrogens (tertiary/aromatic N) is 1. The maximum atomic E-state index is 11.7. The topological polar surface area (TPSA) is 49.4 Å². The maximum Gasteiger partial charge on any atom is 0.211 e. The van der Waals surface area contributed by atoms with Gasteiger partial charge in [-0.25, -0.2) is 12.7 Å². The second kappa shape index (κ2) is 5.97. The molecule has 1 N–H and O–H groups in total. The Morgan fingerprint density at radius 1 is 1.33 bits per heavy atom. The first-order chi connectivity index (χ1) is 10.0. The third kappa shape index (κ3) is 3.58. The lowest BCUT2D eigenvalue weighted by Gasteiger charge is -2.31. The van der Waals surface area contributed by atoms with Gasteiger partial charge >= 0.3 is 0 Å². The maximum absolute atomic E-state index is 11.7. The minimum Gasteiger partial charge on any atom is -0.385 e. The zero-order valence-electron chi connectivity index (χ0n) is 12.6. The summed E-state index contributed by atoms with van der Waals surface area (Å²) in [5.41, 5.74) is 4.00. The Kier molecular flexibility index (Phi) is 4.22. The van der Waals surface area contributed by atoms with Crippen LogP contribution in [0.4, 0.5) is 5.69 Å². The van der Waals surface area contributed by atoms with Gasteiger partial charge in [-0.1, -0.05) is 12.1 Å². The highest BCUT2D eigenvalue weighted by Gasteiger charge is 2.26. The van der Waals surface area contributed by atoms with E-state index in [1.165, 1.54) is 29.5 Å². The number of hydrogen-bond acceptors (Lipinski definition) is 3. The molecular weight excluding hydrogens is 284 g/mol. The van der Waals surface area contributed by atoms with E-state index in [4.69, 9.17) is 0 Å². The molecule has 3 rings (SSSR count). The molecule has 0 bridgehead atoms. The van der Waals surface area contributed by atoms with Crippen molar-refractivity contribution in [2.75, 3.05) is 31.2 Å². The standard InChI is InChI=1S/C16H24N2O2S/c1-21(19,20)18-9-3-4-14(12-18)10-13-6-7-15-5-2-8-17-16(15)11-13/h6-7,11,14,17H,2-5,8-10,12H2,1H3. The Balaban J connectivity index is 1.69. The van der Waals surface area contributed by atoms with Crippen LogP contribution in [0.2, 0.25) is 0 Å². The summed E-state index contributed by atoms with van der Waals surface area (Å²) < 4.78 is 25.0. The monoisotopic (exact) mass is 308 g/mol. The van der Waals surface area contributed by atoms with Gasteiger partial charge in [-0.3, -0.25) is 0 Å². The van der Waals surface area contributed by atoms with E-state index in [0.29, 0.717) is 19.0 Å². The van der Waals surface area contributed by atoms with Gasteiger partial charge in [0, 0.05) is 25.3 Å². The van der Waals surface area contributed by atoms with Crippen molar-refractivity contribution in [3.8, 4) is 0 Å². The van der Waals surface area contributed by atoms with Gasteiger partial charge in [0.2, 0.25) is 10.0 Å². The molecule has 5 heteroatoms. The smallest absolute Gasteiger partial charge is 0.211 e. The number of benzene rings is 1. The molecule has 1 aromatic rings. The lowest BCUT2D eigenvalue weighted by molar-refractivity contribution is 0.267. The predicted octanol–water partition coefficient (Wildman–Crippen LogP) is 2.26. The van der Waals surface area contributed by atoms with Crippen LogP contribution >= 0.6 is 0 Å². The molecular formula is C16H24N2O2S. The summed E-state index contributed by atoms with van der Waals surface area (Å²) >= 11 is 0. The van der Waals surface area contributed by atoms with E-state index >= 15 is 0 Å². The zero-order chi connectivity index (χ0) is 14.9. The van der Waals surface area contributed by atoms with Crippen LogP contribution in [0, 0.1) is 5.92 Å². The second-order valence-corrected chi connectivity index (χ2v) is 8.34. The van der Waals surface area contributed by atoms with Gasteiger partial charge in [-0.05, 0) is 55.2 Å². The van der Waals surface area contributed by atoms with Crippen molar-refractivity contribution >= 4 is 15.7 Å². The van der Waals surface area contributed by atoms with Gasteiger partial charge in [0.1, 0.15) is 0 Å². The molecule has 4 nitrogen and oxygen atoms in total. The Bertz CT molecular complexity index is 613. The lowest BCUT2D eigenvalue weighted by Crippen LogP contribution is -2.39. The highest BCUT2D eigenvalue weighted by Crippen LogP contribution is 2.27. The molecule has 116 valence electrons. The summed E-state index contributed by atoms with van der Waals surface area (Å²) in [6.07, 6.45) is 6.75. The van der Waals surface area contributed by atoms with Gasteiger partial charge < -0.3 is 5.32 Å². The van der Waals surface area contributed by atoms with E-state index in [1.807, 2.05) is 0 Å². The van der Waals surface area contributed by atoms with Gasteiger partial charge in [0.05, 0.1) is 6.26 Å². The summed E-state index contributed by atoms with van der Waals surface area (Å²) in [5.74, 6) is 0.440. The SMILES string of the molecule is CS(=O)(=O)N1CCCC(Cc2ccc3c(c2)NCCC3)C1. The number of aryl methyl sites for hydroxylation is 1. The lowest BCUT2D eigenvalue weighted by atomic mass is 9.91. The molecule has 2 aliphatic heterocycles. The number of sulfonamides is 1. The van der Waals surface area contributed by atoms with E-state index in [9.17, 15) is 8.42 Å². The molecule has 2 aliphatic rings. The quantitative estimate of drug-likeness (QED) is 0.932. The largest absolute Gasteiger partial charge is 0.385 e. The van der Waals surface area contributed by atoms with Crippen molar-refractivity contribution < 1.29 is 8.42 Å². The van der Waals surface area contributed by atoms with Crippen molar-refractivity contribution in [1.29, 1.82) is 0 Å². The van der Waals surface area contributed by atoms with Crippen molar-refractivity contribution in [3.63, 3.8) is 0 Å². The second-order valence-electron chi connectivity index (χ2n) is 6.36. The van der Waals surface area contributed by atoms with Crippen LogP contribution < -0.4 is 5.32 Å². The first kappa shape index (κ1) is 14.9. The first-order valence-electron chi connectivity index (χ1n) is 7.83. The molecule has 0 saturated carbocycles. The van der Waals surface area contributed by atoms with Crippen molar-refractivity contribution in [2.24, 2.45) is 5.92 Å². The van der Waals surface area contributed by atoms with Crippen molar-refractivity contribution in [2.45, 2.75) is 32.1 Å². The summed E-state index contributed by atoms with van der Waals surface area (Å²) in [6, 6.07) is 6.70. The minimum absolute atomic E-state index is 0.440. The van der Waals surface area contributed by atoms with E-state index in [1.54, 1.807) is 4.31 Å².